The molecule has 2 aromatic rings. The molecule has 0 saturated carbocycles. The number of rotatable bonds is 6. The van der Waals surface area contributed by atoms with E-state index in [0.717, 1.165) is 23.7 Å². The van der Waals surface area contributed by atoms with E-state index in [-0.39, 0.29) is 6.61 Å². The molecule has 4 nitrogen and oxygen atoms in total. The van der Waals surface area contributed by atoms with Crippen LogP contribution in [-0.2, 0) is 13.0 Å². The van der Waals surface area contributed by atoms with Crippen LogP contribution in [0.1, 0.15) is 18.4 Å². The van der Waals surface area contributed by atoms with Gasteiger partial charge in [0.05, 0.1) is 6.54 Å². The van der Waals surface area contributed by atoms with Crippen LogP contribution in [0.3, 0.4) is 0 Å². The zero-order chi connectivity index (χ0) is 13.7. The fraction of sp³-hybridized carbons (Fsp3) is 0.400. The fourth-order valence-corrected chi connectivity index (χ4v) is 2.01. The van der Waals surface area contributed by atoms with Crippen molar-refractivity contribution in [2.45, 2.75) is 32.9 Å². The molecule has 1 heterocycles. The predicted octanol–water partition coefficient (Wildman–Crippen LogP) is 2.19. The van der Waals surface area contributed by atoms with Crippen molar-refractivity contribution in [3.05, 3.63) is 48.0 Å². The lowest BCUT2D eigenvalue weighted by atomic mass is 10.3. The standard InChI is InChI=1S/C15H20N2O2/c1-3-15-16-9-12(2)17(15)10-13(18)11-19-14-7-5-4-6-8-14/h4-9,13,18H,3,10-11H2,1-2H3. The summed E-state index contributed by atoms with van der Waals surface area (Å²) in [6, 6.07) is 9.53. The quantitative estimate of drug-likeness (QED) is 0.866. The lowest BCUT2D eigenvalue weighted by Gasteiger charge is -2.15. The van der Waals surface area contributed by atoms with E-state index in [1.807, 2.05) is 48.0 Å². The summed E-state index contributed by atoms with van der Waals surface area (Å²) in [5.74, 6) is 1.77. The molecule has 2 rings (SSSR count). The van der Waals surface area contributed by atoms with Gasteiger partial charge in [0.2, 0.25) is 0 Å². The lowest BCUT2D eigenvalue weighted by molar-refractivity contribution is 0.0913. The Morgan fingerprint density at radius 3 is 2.74 bits per heavy atom. The van der Waals surface area contributed by atoms with Crippen LogP contribution in [0.15, 0.2) is 36.5 Å². The molecule has 4 heteroatoms. The van der Waals surface area contributed by atoms with Gasteiger partial charge in [-0.05, 0) is 19.1 Å². The molecule has 0 amide bonds. The third kappa shape index (κ3) is 3.58. The molecule has 1 N–H and O–H groups in total. The van der Waals surface area contributed by atoms with Crippen LogP contribution in [0.4, 0.5) is 0 Å². The van der Waals surface area contributed by atoms with Crippen LogP contribution in [-0.4, -0.2) is 27.4 Å². The van der Waals surface area contributed by atoms with Crippen LogP contribution in [0.25, 0.3) is 0 Å². The van der Waals surface area contributed by atoms with E-state index in [2.05, 4.69) is 11.9 Å². The third-order valence-electron chi connectivity index (χ3n) is 3.03. The Hall–Kier alpha value is -1.81. The second-order valence-corrected chi connectivity index (χ2v) is 4.56. The van der Waals surface area contributed by atoms with Crippen molar-refractivity contribution in [3.63, 3.8) is 0 Å². The molecule has 0 aliphatic carbocycles. The Bertz CT molecular complexity index is 508. The maximum atomic E-state index is 10.1. The van der Waals surface area contributed by atoms with E-state index >= 15 is 0 Å². The van der Waals surface area contributed by atoms with Crippen molar-refractivity contribution < 1.29 is 9.84 Å². The van der Waals surface area contributed by atoms with Crippen molar-refractivity contribution in [2.75, 3.05) is 6.61 Å². The van der Waals surface area contributed by atoms with Crippen molar-refractivity contribution in [3.8, 4) is 5.75 Å². The molecule has 0 aliphatic rings. The highest BCUT2D eigenvalue weighted by atomic mass is 16.5. The zero-order valence-electron chi connectivity index (χ0n) is 11.4. The number of aliphatic hydroxyl groups excluding tert-OH is 1. The Labute approximate surface area is 113 Å². The van der Waals surface area contributed by atoms with Gasteiger partial charge >= 0.3 is 0 Å². The van der Waals surface area contributed by atoms with Crippen LogP contribution < -0.4 is 4.74 Å². The highest BCUT2D eigenvalue weighted by molar-refractivity contribution is 5.20. The first-order valence-electron chi connectivity index (χ1n) is 6.57. The Morgan fingerprint density at radius 1 is 1.32 bits per heavy atom. The van der Waals surface area contributed by atoms with Gasteiger partial charge in [-0.1, -0.05) is 25.1 Å². The van der Waals surface area contributed by atoms with E-state index in [1.165, 1.54) is 0 Å². The number of aliphatic hydroxyl groups is 1. The van der Waals surface area contributed by atoms with Crippen molar-refractivity contribution in [2.24, 2.45) is 0 Å². The molecule has 0 fully saturated rings. The molecular formula is C15H20N2O2. The first kappa shape index (κ1) is 13.6. The van der Waals surface area contributed by atoms with E-state index in [0.29, 0.717) is 6.54 Å². The molecule has 1 aromatic carbocycles. The largest absolute Gasteiger partial charge is 0.491 e. The number of imidazole rings is 1. The molecular weight excluding hydrogens is 240 g/mol. The number of benzene rings is 1. The summed E-state index contributed by atoms with van der Waals surface area (Å²) in [5, 5.41) is 10.1. The van der Waals surface area contributed by atoms with Crippen LogP contribution >= 0.6 is 0 Å². The zero-order valence-corrected chi connectivity index (χ0v) is 11.4. The average Bonchev–Trinajstić information content (AvgIpc) is 2.78. The van der Waals surface area contributed by atoms with Crippen molar-refractivity contribution in [1.82, 2.24) is 9.55 Å². The number of ether oxygens (including phenoxy) is 1. The number of para-hydroxylation sites is 1. The maximum absolute atomic E-state index is 10.1. The number of hydrogen-bond donors (Lipinski definition) is 1. The highest BCUT2D eigenvalue weighted by Crippen LogP contribution is 2.10. The number of aryl methyl sites for hydroxylation is 2. The van der Waals surface area contributed by atoms with Crippen LogP contribution in [0, 0.1) is 6.92 Å². The van der Waals surface area contributed by atoms with Crippen molar-refractivity contribution >= 4 is 0 Å². The second-order valence-electron chi connectivity index (χ2n) is 4.56. The third-order valence-corrected chi connectivity index (χ3v) is 3.03. The topological polar surface area (TPSA) is 47.3 Å². The van der Waals surface area contributed by atoms with Gasteiger partial charge in [-0.25, -0.2) is 4.98 Å². The summed E-state index contributed by atoms with van der Waals surface area (Å²) in [4.78, 5) is 4.32. The smallest absolute Gasteiger partial charge is 0.119 e. The SMILES string of the molecule is CCc1ncc(C)n1CC(O)COc1ccccc1. The summed E-state index contributed by atoms with van der Waals surface area (Å²) >= 11 is 0. The Morgan fingerprint density at radius 2 is 2.05 bits per heavy atom. The van der Waals surface area contributed by atoms with Gasteiger partial charge < -0.3 is 14.4 Å². The molecule has 1 aromatic heterocycles. The number of aromatic nitrogens is 2. The van der Waals surface area contributed by atoms with E-state index in [1.54, 1.807) is 0 Å². The molecule has 1 atom stereocenters. The summed E-state index contributed by atoms with van der Waals surface area (Å²) < 4.78 is 7.59. The number of nitrogens with zero attached hydrogens (tertiary/aromatic N) is 2. The molecule has 0 bridgehead atoms. The Balaban J connectivity index is 1.90. The van der Waals surface area contributed by atoms with Gasteiger partial charge in [0, 0.05) is 18.3 Å². The molecule has 102 valence electrons. The van der Waals surface area contributed by atoms with Gasteiger partial charge in [0.1, 0.15) is 24.3 Å². The van der Waals surface area contributed by atoms with Crippen LogP contribution in [0.2, 0.25) is 0 Å². The van der Waals surface area contributed by atoms with Gasteiger partial charge in [-0.3, -0.25) is 0 Å². The first-order valence-corrected chi connectivity index (χ1v) is 6.57. The minimum atomic E-state index is -0.543. The summed E-state index contributed by atoms with van der Waals surface area (Å²) in [5.41, 5.74) is 1.07. The molecule has 1 unspecified atom stereocenters. The highest BCUT2D eigenvalue weighted by Gasteiger charge is 2.11. The Kier molecular flexibility index (Phi) is 4.58. The average molecular weight is 260 g/mol. The maximum Gasteiger partial charge on any atom is 0.119 e. The van der Waals surface area contributed by atoms with E-state index in [9.17, 15) is 5.11 Å². The van der Waals surface area contributed by atoms with Gasteiger partial charge in [0.25, 0.3) is 0 Å². The lowest BCUT2D eigenvalue weighted by Crippen LogP contribution is -2.25. The van der Waals surface area contributed by atoms with Gasteiger partial charge in [0.15, 0.2) is 0 Å². The van der Waals surface area contributed by atoms with Gasteiger partial charge in [-0.15, -0.1) is 0 Å². The normalized spacial score (nSPS) is 12.4. The molecule has 0 aliphatic heterocycles. The number of hydrogen-bond acceptors (Lipinski definition) is 3. The van der Waals surface area contributed by atoms with Crippen molar-refractivity contribution in [1.29, 1.82) is 0 Å². The minimum absolute atomic E-state index is 0.283. The van der Waals surface area contributed by atoms with Crippen LogP contribution in [0.5, 0.6) is 5.75 Å². The summed E-state index contributed by atoms with van der Waals surface area (Å²) in [7, 11) is 0. The van der Waals surface area contributed by atoms with Gasteiger partial charge in [-0.2, -0.15) is 0 Å². The minimum Gasteiger partial charge on any atom is -0.491 e. The molecule has 19 heavy (non-hydrogen) atoms. The summed E-state index contributed by atoms with van der Waals surface area (Å²) in [6.45, 7) is 4.86. The molecule has 0 spiro atoms. The summed E-state index contributed by atoms with van der Waals surface area (Å²) in [6.07, 6.45) is 2.15. The van der Waals surface area contributed by atoms with E-state index in [4.69, 9.17) is 4.74 Å². The monoisotopic (exact) mass is 260 g/mol. The molecule has 0 saturated heterocycles. The first-order chi connectivity index (χ1) is 9.20. The fourth-order valence-electron chi connectivity index (χ4n) is 2.01. The second kappa shape index (κ2) is 6.38. The molecule has 0 radical (unpaired) electrons. The van der Waals surface area contributed by atoms with E-state index < -0.39 is 6.10 Å². The predicted molar refractivity (Wildman–Crippen MR) is 74.3 cm³/mol.